The molecule has 1 aromatic heterocycles. The zero-order chi connectivity index (χ0) is 25.9. The number of hydrogen-bond acceptors (Lipinski definition) is 5. The Morgan fingerprint density at radius 3 is 2.38 bits per heavy atom. The largest absolute Gasteiger partial charge is 0.507 e. The Hall–Kier alpha value is -4.52. The maximum Gasteiger partial charge on any atom is 0.295 e. The van der Waals surface area contributed by atoms with E-state index >= 15 is 0 Å². The van der Waals surface area contributed by atoms with E-state index in [1.807, 2.05) is 61.7 Å². The monoisotopic (exact) mass is 496 g/mol. The number of carbonyl (C=O) groups is 2. The van der Waals surface area contributed by atoms with Crippen LogP contribution in [0.15, 0.2) is 84.6 Å². The lowest BCUT2D eigenvalue weighted by Gasteiger charge is -2.25. The zero-order valence-corrected chi connectivity index (χ0v) is 20.7. The lowest BCUT2D eigenvalue weighted by molar-refractivity contribution is -0.139. The number of H-pyrrole nitrogens is 1. The first-order valence-corrected chi connectivity index (χ1v) is 12.2. The second kappa shape index (κ2) is 10.2. The highest BCUT2D eigenvalue weighted by molar-refractivity contribution is 6.46. The number of methoxy groups -OCH3 is 1. The van der Waals surface area contributed by atoms with Crippen molar-refractivity contribution in [2.24, 2.45) is 0 Å². The fourth-order valence-corrected chi connectivity index (χ4v) is 4.85. The van der Waals surface area contributed by atoms with Crippen LogP contribution in [0.5, 0.6) is 11.5 Å². The van der Waals surface area contributed by atoms with Crippen LogP contribution < -0.4 is 9.47 Å². The minimum absolute atomic E-state index is 0.0678. The molecule has 2 N–H and O–H groups in total. The predicted molar refractivity (Wildman–Crippen MR) is 142 cm³/mol. The summed E-state index contributed by atoms with van der Waals surface area (Å²) in [6.45, 7) is 2.74. The highest BCUT2D eigenvalue weighted by atomic mass is 16.5. The quantitative estimate of drug-likeness (QED) is 0.198. The molecule has 1 aliphatic rings. The molecule has 0 unspecified atom stereocenters. The van der Waals surface area contributed by atoms with Crippen molar-refractivity contribution in [1.82, 2.24) is 9.88 Å². The van der Waals surface area contributed by atoms with E-state index in [-0.39, 0.29) is 11.3 Å². The van der Waals surface area contributed by atoms with Crippen molar-refractivity contribution in [3.63, 3.8) is 0 Å². The van der Waals surface area contributed by atoms with Crippen LogP contribution in [-0.2, 0) is 16.0 Å². The molecule has 0 saturated carbocycles. The number of aliphatic hydroxyl groups excluding tert-OH is 1. The van der Waals surface area contributed by atoms with Crippen molar-refractivity contribution in [3.05, 3.63) is 101 Å². The molecule has 1 amide bonds. The van der Waals surface area contributed by atoms with Gasteiger partial charge in [-0.2, -0.15) is 0 Å². The number of hydrogen-bond donors (Lipinski definition) is 2. The summed E-state index contributed by atoms with van der Waals surface area (Å²) >= 11 is 0. The van der Waals surface area contributed by atoms with Gasteiger partial charge in [-0.25, -0.2) is 0 Å². The Morgan fingerprint density at radius 2 is 1.68 bits per heavy atom. The number of aromatic amines is 1. The average Bonchev–Trinajstić information content (AvgIpc) is 3.46. The second-order valence-electron chi connectivity index (χ2n) is 8.83. The van der Waals surface area contributed by atoms with Crippen molar-refractivity contribution >= 4 is 28.4 Å². The maximum atomic E-state index is 13.3. The van der Waals surface area contributed by atoms with Crippen LogP contribution in [0.1, 0.15) is 29.7 Å². The van der Waals surface area contributed by atoms with Crippen molar-refractivity contribution < 1.29 is 24.2 Å². The number of amides is 1. The number of aliphatic hydroxyl groups is 1. The zero-order valence-electron chi connectivity index (χ0n) is 20.7. The fourth-order valence-electron chi connectivity index (χ4n) is 4.85. The Bertz CT molecular complexity index is 1470. The van der Waals surface area contributed by atoms with Gasteiger partial charge >= 0.3 is 0 Å². The molecule has 0 radical (unpaired) electrons. The Morgan fingerprint density at radius 1 is 0.973 bits per heavy atom. The van der Waals surface area contributed by atoms with Gasteiger partial charge in [-0.05, 0) is 66.9 Å². The summed E-state index contributed by atoms with van der Waals surface area (Å²) in [5.41, 5.74) is 3.29. The van der Waals surface area contributed by atoms with Crippen LogP contribution in [0.3, 0.4) is 0 Å². The number of nitrogens with zero attached hydrogens (tertiary/aromatic N) is 1. The molecule has 7 heteroatoms. The number of ketones is 1. The summed E-state index contributed by atoms with van der Waals surface area (Å²) in [5, 5.41) is 12.3. The van der Waals surface area contributed by atoms with Crippen LogP contribution in [0.4, 0.5) is 0 Å². The molecule has 1 atom stereocenters. The topological polar surface area (TPSA) is 91.9 Å². The van der Waals surface area contributed by atoms with Crippen LogP contribution in [0, 0.1) is 0 Å². The number of para-hydroxylation sites is 1. The smallest absolute Gasteiger partial charge is 0.295 e. The molecule has 1 fully saturated rings. The van der Waals surface area contributed by atoms with E-state index in [4.69, 9.17) is 9.47 Å². The van der Waals surface area contributed by atoms with Gasteiger partial charge in [0.05, 0.1) is 25.3 Å². The highest BCUT2D eigenvalue weighted by Crippen LogP contribution is 2.40. The van der Waals surface area contributed by atoms with Gasteiger partial charge in [-0.3, -0.25) is 9.59 Å². The number of Topliss-reactive ketones (excluding diaryl/α,β-unsaturated/α-hetero) is 1. The summed E-state index contributed by atoms with van der Waals surface area (Å²) in [6.07, 6.45) is 2.48. The van der Waals surface area contributed by atoms with Crippen molar-refractivity contribution in [1.29, 1.82) is 0 Å². The van der Waals surface area contributed by atoms with Crippen LogP contribution in [-0.4, -0.2) is 46.9 Å². The SMILES string of the molecule is CCOc1ccc([C@@H]2C(=C(O)c3ccc(OC)cc3)C(=O)C(=O)N2CCc2c[nH]c3ccccc23)cc1. The van der Waals surface area contributed by atoms with E-state index in [0.717, 1.165) is 22.0 Å². The number of rotatable bonds is 8. The van der Waals surface area contributed by atoms with Gasteiger partial charge < -0.3 is 24.5 Å². The first-order valence-electron chi connectivity index (χ1n) is 12.2. The van der Waals surface area contributed by atoms with Gasteiger partial charge in [0, 0.05) is 29.2 Å². The molecule has 1 aliphatic heterocycles. The van der Waals surface area contributed by atoms with E-state index in [0.29, 0.717) is 36.6 Å². The molecule has 5 rings (SSSR count). The molecule has 188 valence electrons. The normalized spacial score (nSPS) is 16.9. The van der Waals surface area contributed by atoms with Gasteiger partial charge in [0.25, 0.3) is 11.7 Å². The molecule has 7 nitrogen and oxygen atoms in total. The van der Waals surface area contributed by atoms with E-state index in [2.05, 4.69) is 4.98 Å². The third-order valence-corrected chi connectivity index (χ3v) is 6.71. The molecule has 0 spiro atoms. The van der Waals surface area contributed by atoms with Gasteiger partial charge in [0.2, 0.25) is 0 Å². The molecule has 2 heterocycles. The molecule has 0 bridgehead atoms. The van der Waals surface area contributed by atoms with Gasteiger partial charge in [0.1, 0.15) is 17.3 Å². The van der Waals surface area contributed by atoms with Crippen LogP contribution in [0.25, 0.3) is 16.7 Å². The summed E-state index contributed by atoms with van der Waals surface area (Å²) in [6, 6.07) is 21.3. The number of carbonyl (C=O) groups excluding carboxylic acids is 2. The number of likely N-dealkylation sites (tertiary alicyclic amines) is 1. The summed E-state index contributed by atoms with van der Waals surface area (Å²) in [5.74, 6) is -0.231. The van der Waals surface area contributed by atoms with Gasteiger partial charge in [-0.15, -0.1) is 0 Å². The average molecular weight is 497 g/mol. The third-order valence-electron chi connectivity index (χ3n) is 6.71. The van der Waals surface area contributed by atoms with Crippen molar-refractivity contribution in [2.75, 3.05) is 20.3 Å². The number of benzene rings is 3. The van der Waals surface area contributed by atoms with Gasteiger partial charge in [-0.1, -0.05) is 30.3 Å². The molecule has 3 aromatic carbocycles. The first kappa shape index (κ1) is 24.2. The molecule has 1 saturated heterocycles. The van der Waals surface area contributed by atoms with Gasteiger partial charge in [0.15, 0.2) is 0 Å². The van der Waals surface area contributed by atoms with E-state index in [9.17, 15) is 14.7 Å². The lowest BCUT2D eigenvalue weighted by Crippen LogP contribution is -2.31. The second-order valence-corrected chi connectivity index (χ2v) is 8.83. The number of nitrogens with one attached hydrogen (secondary N) is 1. The molecule has 4 aromatic rings. The fraction of sp³-hybridized carbons (Fsp3) is 0.200. The Kier molecular flexibility index (Phi) is 6.68. The standard InChI is InChI=1S/C30H28N2O5/c1-3-37-23-14-8-19(9-15-23)27-26(28(33)20-10-12-22(36-2)13-11-20)29(34)30(35)32(27)17-16-21-18-31-25-7-5-4-6-24(21)25/h4-15,18,27,31,33H,3,16-17H2,1-2H3/t27-/m1/s1. The first-order chi connectivity index (χ1) is 18.0. The minimum Gasteiger partial charge on any atom is -0.507 e. The van der Waals surface area contributed by atoms with Crippen LogP contribution in [0.2, 0.25) is 0 Å². The van der Waals surface area contributed by atoms with Crippen LogP contribution >= 0.6 is 0 Å². The van der Waals surface area contributed by atoms with E-state index in [1.165, 1.54) is 0 Å². The summed E-state index contributed by atoms with van der Waals surface area (Å²) in [7, 11) is 1.56. The molecule has 37 heavy (non-hydrogen) atoms. The molecular weight excluding hydrogens is 468 g/mol. The van der Waals surface area contributed by atoms with Crippen molar-refractivity contribution in [2.45, 2.75) is 19.4 Å². The lowest BCUT2D eigenvalue weighted by atomic mass is 9.95. The predicted octanol–water partition coefficient (Wildman–Crippen LogP) is 5.24. The Balaban J connectivity index is 1.54. The molecular formula is C30H28N2O5. The summed E-state index contributed by atoms with van der Waals surface area (Å²) < 4.78 is 10.8. The van der Waals surface area contributed by atoms with E-state index in [1.54, 1.807) is 36.3 Å². The molecule has 0 aliphatic carbocycles. The maximum absolute atomic E-state index is 13.3. The summed E-state index contributed by atoms with van der Waals surface area (Å²) in [4.78, 5) is 31.4. The Labute approximate surface area is 214 Å². The van der Waals surface area contributed by atoms with E-state index < -0.39 is 17.7 Å². The number of ether oxygens (including phenoxy) is 2. The third kappa shape index (κ3) is 4.56. The highest BCUT2D eigenvalue weighted by Gasteiger charge is 2.45. The van der Waals surface area contributed by atoms with Crippen molar-refractivity contribution in [3.8, 4) is 11.5 Å². The number of fused-ring (bicyclic) bond motifs is 1. The minimum atomic E-state index is -0.733. The number of aromatic nitrogens is 1.